The third-order valence-electron chi connectivity index (χ3n) is 3.79. The van der Waals surface area contributed by atoms with Crippen molar-refractivity contribution in [1.82, 2.24) is 0 Å². The monoisotopic (exact) mass is 409 g/mol. The summed E-state index contributed by atoms with van der Waals surface area (Å²) in [6.45, 7) is 0.544. The molecule has 2 rings (SSSR count). The fraction of sp³-hybridized carbons (Fsp3) is 0.300. The van der Waals surface area contributed by atoms with Crippen LogP contribution < -0.4 is 10.1 Å². The van der Waals surface area contributed by atoms with Crippen LogP contribution in [0.2, 0.25) is 0 Å². The van der Waals surface area contributed by atoms with Crippen molar-refractivity contribution >= 4 is 29.3 Å². The van der Waals surface area contributed by atoms with Gasteiger partial charge in [0.1, 0.15) is 5.75 Å². The van der Waals surface area contributed by atoms with E-state index in [2.05, 4.69) is 16.1 Å². The number of hydrogen-bond donors (Lipinski definition) is 1. The predicted octanol–water partition coefficient (Wildman–Crippen LogP) is 4.57. The maximum atomic E-state index is 12.4. The Kier molecular flexibility index (Phi) is 8.25. The van der Waals surface area contributed by atoms with E-state index in [-0.39, 0.29) is 17.9 Å². The first-order chi connectivity index (χ1) is 13.3. The standard InChI is InChI=1S/C20H21F2NO4S/c1-13-7-8-15(11-14(13)2)28-10-9-19(25)26-12-18(24)23-16-5-3-4-6-17(16)27-20(21)22/h3-8,11,20H,9-10,12H2,1-2H3,(H,23,24). The summed E-state index contributed by atoms with van der Waals surface area (Å²) in [5.74, 6) is -0.792. The highest BCUT2D eigenvalue weighted by molar-refractivity contribution is 7.99. The van der Waals surface area contributed by atoms with Gasteiger partial charge in [-0.1, -0.05) is 18.2 Å². The highest BCUT2D eigenvalue weighted by Crippen LogP contribution is 2.25. The Bertz CT molecular complexity index is 830. The summed E-state index contributed by atoms with van der Waals surface area (Å²) in [6.07, 6.45) is 0.149. The van der Waals surface area contributed by atoms with E-state index in [9.17, 15) is 18.4 Å². The smallest absolute Gasteiger partial charge is 0.387 e. The van der Waals surface area contributed by atoms with Gasteiger partial charge in [0.2, 0.25) is 0 Å². The summed E-state index contributed by atoms with van der Waals surface area (Å²) in [7, 11) is 0. The van der Waals surface area contributed by atoms with E-state index in [1.54, 1.807) is 6.07 Å². The summed E-state index contributed by atoms with van der Waals surface area (Å²) in [6, 6.07) is 11.8. The third kappa shape index (κ3) is 7.19. The number of carbonyl (C=O) groups excluding carboxylic acids is 2. The molecule has 0 aliphatic heterocycles. The minimum atomic E-state index is -3.01. The molecule has 0 spiro atoms. The number of rotatable bonds is 9. The lowest BCUT2D eigenvalue weighted by Crippen LogP contribution is -2.21. The van der Waals surface area contributed by atoms with Gasteiger partial charge in [0.25, 0.3) is 5.91 Å². The SMILES string of the molecule is Cc1ccc(SCCC(=O)OCC(=O)Nc2ccccc2OC(F)F)cc1C. The number of esters is 1. The zero-order valence-corrected chi connectivity index (χ0v) is 16.4. The first-order valence-electron chi connectivity index (χ1n) is 8.54. The van der Waals surface area contributed by atoms with Crippen LogP contribution >= 0.6 is 11.8 Å². The summed E-state index contributed by atoms with van der Waals surface area (Å²) >= 11 is 1.53. The molecule has 0 unspecified atom stereocenters. The molecule has 150 valence electrons. The molecule has 0 atom stereocenters. The molecular weight excluding hydrogens is 388 g/mol. The number of anilines is 1. The topological polar surface area (TPSA) is 64.6 Å². The second-order valence-electron chi connectivity index (χ2n) is 5.93. The summed E-state index contributed by atoms with van der Waals surface area (Å²) in [5.41, 5.74) is 2.46. The molecule has 8 heteroatoms. The minimum Gasteiger partial charge on any atom is -0.456 e. The average molecular weight is 409 g/mol. The van der Waals surface area contributed by atoms with Crippen molar-refractivity contribution in [3.05, 3.63) is 53.6 Å². The molecule has 0 bridgehead atoms. The molecule has 0 aliphatic rings. The summed E-state index contributed by atoms with van der Waals surface area (Å²) in [4.78, 5) is 24.7. The Hall–Kier alpha value is -2.61. The molecule has 2 aromatic carbocycles. The number of alkyl halides is 2. The Morgan fingerprint density at radius 2 is 1.86 bits per heavy atom. The van der Waals surface area contributed by atoms with Crippen molar-refractivity contribution in [2.75, 3.05) is 17.7 Å². The van der Waals surface area contributed by atoms with Crippen molar-refractivity contribution in [3.8, 4) is 5.75 Å². The number of amides is 1. The molecular formula is C20H21F2NO4S. The summed E-state index contributed by atoms with van der Waals surface area (Å²) in [5, 5.41) is 2.38. The molecule has 0 aromatic heterocycles. The van der Waals surface area contributed by atoms with Gasteiger partial charge >= 0.3 is 12.6 Å². The number of hydrogen-bond acceptors (Lipinski definition) is 5. The Labute approximate surface area is 166 Å². The van der Waals surface area contributed by atoms with E-state index in [1.807, 2.05) is 26.0 Å². The van der Waals surface area contributed by atoms with Gasteiger partial charge in [-0.25, -0.2) is 0 Å². The van der Waals surface area contributed by atoms with Crippen LogP contribution in [0.1, 0.15) is 17.5 Å². The van der Waals surface area contributed by atoms with E-state index >= 15 is 0 Å². The van der Waals surface area contributed by atoms with Crippen molar-refractivity contribution in [1.29, 1.82) is 0 Å². The number of aryl methyl sites for hydroxylation is 2. The fourth-order valence-corrected chi connectivity index (χ4v) is 3.16. The first-order valence-corrected chi connectivity index (χ1v) is 9.53. The van der Waals surface area contributed by atoms with E-state index in [1.165, 1.54) is 41.1 Å². The summed E-state index contributed by atoms with van der Waals surface area (Å²) < 4.78 is 34.0. The number of para-hydroxylation sites is 2. The Morgan fingerprint density at radius 1 is 1.11 bits per heavy atom. The van der Waals surface area contributed by atoms with Crippen LogP contribution in [-0.2, 0) is 14.3 Å². The molecule has 0 saturated carbocycles. The predicted molar refractivity (Wildman–Crippen MR) is 104 cm³/mol. The molecule has 0 saturated heterocycles. The van der Waals surface area contributed by atoms with Gasteiger partial charge in [-0.3, -0.25) is 9.59 Å². The van der Waals surface area contributed by atoms with Crippen LogP contribution in [0.4, 0.5) is 14.5 Å². The lowest BCUT2D eigenvalue weighted by atomic mass is 10.1. The molecule has 0 fully saturated rings. The van der Waals surface area contributed by atoms with Crippen molar-refractivity contribution in [2.45, 2.75) is 31.8 Å². The fourth-order valence-electron chi connectivity index (χ4n) is 2.23. The van der Waals surface area contributed by atoms with Crippen LogP contribution in [0.15, 0.2) is 47.4 Å². The van der Waals surface area contributed by atoms with Crippen molar-refractivity contribution in [2.24, 2.45) is 0 Å². The molecule has 2 aromatic rings. The zero-order valence-electron chi connectivity index (χ0n) is 15.5. The van der Waals surface area contributed by atoms with Gasteiger partial charge in [0, 0.05) is 10.6 Å². The highest BCUT2D eigenvalue weighted by Gasteiger charge is 2.13. The third-order valence-corrected chi connectivity index (χ3v) is 4.79. The molecule has 0 aliphatic carbocycles. The number of carbonyl (C=O) groups is 2. The van der Waals surface area contributed by atoms with Gasteiger partial charge in [0.15, 0.2) is 6.61 Å². The average Bonchev–Trinajstić information content (AvgIpc) is 2.64. The van der Waals surface area contributed by atoms with Crippen LogP contribution in [0.5, 0.6) is 5.75 Å². The first kappa shape index (κ1) is 21.7. The lowest BCUT2D eigenvalue weighted by Gasteiger charge is -2.11. The van der Waals surface area contributed by atoms with Crippen LogP contribution in [-0.4, -0.2) is 30.8 Å². The van der Waals surface area contributed by atoms with E-state index in [4.69, 9.17) is 4.74 Å². The number of thioether (sulfide) groups is 1. The molecule has 1 amide bonds. The molecule has 0 radical (unpaired) electrons. The quantitative estimate of drug-likeness (QED) is 0.486. The molecule has 28 heavy (non-hydrogen) atoms. The Balaban J connectivity index is 1.73. The number of benzene rings is 2. The number of halogens is 2. The largest absolute Gasteiger partial charge is 0.456 e. The second kappa shape index (κ2) is 10.7. The van der Waals surface area contributed by atoms with E-state index in [0.29, 0.717) is 5.75 Å². The highest BCUT2D eigenvalue weighted by atomic mass is 32.2. The minimum absolute atomic E-state index is 0.0779. The Morgan fingerprint density at radius 3 is 2.57 bits per heavy atom. The van der Waals surface area contributed by atoms with Gasteiger partial charge in [0.05, 0.1) is 12.1 Å². The second-order valence-corrected chi connectivity index (χ2v) is 7.10. The molecule has 0 heterocycles. The van der Waals surface area contributed by atoms with Crippen molar-refractivity contribution in [3.63, 3.8) is 0 Å². The number of nitrogens with one attached hydrogen (secondary N) is 1. The van der Waals surface area contributed by atoms with Gasteiger partial charge in [-0.2, -0.15) is 8.78 Å². The van der Waals surface area contributed by atoms with Gasteiger partial charge in [-0.15, -0.1) is 11.8 Å². The maximum Gasteiger partial charge on any atom is 0.387 e. The van der Waals surface area contributed by atoms with Crippen LogP contribution in [0.25, 0.3) is 0 Å². The van der Waals surface area contributed by atoms with Crippen LogP contribution in [0, 0.1) is 13.8 Å². The normalized spacial score (nSPS) is 10.6. The van der Waals surface area contributed by atoms with E-state index in [0.717, 1.165) is 4.90 Å². The van der Waals surface area contributed by atoms with Crippen molar-refractivity contribution < 1.29 is 27.8 Å². The van der Waals surface area contributed by atoms with Crippen LogP contribution in [0.3, 0.4) is 0 Å². The molecule has 5 nitrogen and oxygen atoms in total. The molecule has 1 N–H and O–H groups in total. The zero-order chi connectivity index (χ0) is 20.5. The lowest BCUT2D eigenvalue weighted by molar-refractivity contribution is -0.146. The number of ether oxygens (including phenoxy) is 2. The maximum absolute atomic E-state index is 12.4. The van der Waals surface area contributed by atoms with Gasteiger partial charge in [-0.05, 0) is 49.2 Å². The van der Waals surface area contributed by atoms with Gasteiger partial charge < -0.3 is 14.8 Å². The van der Waals surface area contributed by atoms with E-state index < -0.39 is 25.1 Å².